The predicted octanol–water partition coefficient (Wildman–Crippen LogP) is 24.1. The fourth-order valence-corrected chi connectivity index (χ4v) is 10.6. The van der Waals surface area contributed by atoms with Gasteiger partial charge in [-0.25, -0.2) is 0 Å². The van der Waals surface area contributed by atoms with Crippen molar-refractivity contribution in [1.82, 2.24) is 0 Å². The van der Waals surface area contributed by atoms with Gasteiger partial charge in [0.2, 0.25) is 0 Å². The molecule has 0 spiro atoms. The number of hydrogen-bond acceptors (Lipinski definition) is 6. The Balaban J connectivity index is 3.98. The lowest BCUT2D eigenvalue weighted by Crippen LogP contribution is -2.30. The van der Waals surface area contributed by atoms with Crippen LogP contribution in [0.2, 0.25) is 0 Å². The lowest BCUT2D eigenvalue weighted by molar-refractivity contribution is -0.167. The fourth-order valence-electron chi connectivity index (χ4n) is 10.6. The second-order valence-corrected chi connectivity index (χ2v) is 23.8. The minimum Gasteiger partial charge on any atom is -0.462 e. The number of ether oxygens (including phenoxy) is 3. The number of esters is 3. The van der Waals surface area contributed by atoms with E-state index in [0.29, 0.717) is 19.3 Å². The van der Waals surface area contributed by atoms with Gasteiger partial charge >= 0.3 is 17.9 Å². The minimum atomic E-state index is -0.774. The number of carbonyl (C=O) groups is 3. The maximum absolute atomic E-state index is 12.9. The summed E-state index contributed by atoms with van der Waals surface area (Å²) >= 11 is 0. The molecule has 0 aliphatic heterocycles. The van der Waals surface area contributed by atoms with Gasteiger partial charge in [0.25, 0.3) is 0 Å². The molecule has 462 valence electrons. The van der Waals surface area contributed by atoms with Crippen LogP contribution < -0.4 is 0 Å². The van der Waals surface area contributed by atoms with Crippen molar-refractivity contribution >= 4 is 17.9 Å². The van der Waals surface area contributed by atoms with Crippen LogP contribution in [0.25, 0.3) is 0 Å². The quantitative estimate of drug-likeness (QED) is 0.0261. The zero-order valence-electron chi connectivity index (χ0n) is 53.2. The van der Waals surface area contributed by atoms with E-state index in [2.05, 4.69) is 69.4 Å². The zero-order valence-corrected chi connectivity index (χ0v) is 53.2. The van der Waals surface area contributed by atoms with Crippen molar-refractivity contribution < 1.29 is 28.6 Å². The zero-order chi connectivity index (χ0) is 57.1. The average molecular weight is 1110 g/mol. The van der Waals surface area contributed by atoms with Crippen LogP contribution in [-0.4, -0.2) is 37.2 Å². The summed E-state index contributed by atoms with van der Waals surface area (Å²) in [5.74, 6) is -0.866. The molecule has 0 N–H and O–H groups in total. The molecular weight excluding hydrogens is 973 g/mol. The van der Waals surface area contributed by atoms with Gasteiger partial charge in [0.05, 0.1) is 0 Å². The molecule has 0 rings (SSSR count). The molecule has 0 bridgehead atoms. The number of rotatable bonds is 65. The summed E-state index contributed by atoms with van der Waals surface area (Å²) in [5.41, 5.74) is 0. The second-order valence-electron chi connectivity index (χ2n) is 23.8. The van der Waals surface area contributed by atoms with E-state index in [1.54, 1.807) is 0 Å². The lowest BCUT2D eigenvalue weighted by Gasteiger charge is -2.18. The molecular formula is C73H134O6. The summed E-state index contributed by atoms with van der Waals surface area (Å²) in [4.78, 5) is 38.1. The Hall–Kier alpha value is -2.63. The van der Waals surface area contributed by atoms with E-state index >= 15 is 0 Å². The van der Waals surface area contributed by atoms with E-state index in [1.165, 1.54) is 250 Å². The Morgan fingerprint density at radius 1 is 0.266 bits per heavy atom. The molecule has 0 aromatic rings. The summed E-state index contributed by atoms with van der Waals surface area (Å²) in [6.07, 6.45) is 86.2. The van der Waals surface area contributed by atoms with E-state index < -0.39 is 6.10 Å². The Morgan fingerprint density at radius 2 is 0.494 bits per heavy atom. The van der Waals surface area contributed by atoms with Crippen LogP contribution in [0.5, 0.6) is 0 Å². The van der Waals surface area contributed by atoms with E-state index in [-0.39, 0.29) is 31.1 Å². The third-order valence-electron chi connectivity index (χ3n) is 15.8. The van der Waals surface area contributed by atoms with Gasteiger partial charge in [-0.15, -0.1) is 0 Å². The average Bonchev–Trinajstić information content (AvgIpc) is 3.45. The molecule has 0 aromatic carbocycles. The van der Waals surface area contributed by atoms with E-state index in [0.717, 1.165) is 89.9 Å². The van der Waals surface area contributed by atoms with Crippen LogP contribution in [0.15, 0.2) is 48.6 Å². The van der Waals surface area contributed by atoms with Crippen molar-refractivity contribution in [3.63, 3.8) is 0 Å². The standard InChI is InChI=1S/C73H134O6/c1-4-7-10-13-16-18-20-22-24-26-28-30-31-32-33-34-35-36-37-38-39-40-41-43-44-46-48-50-52-54-57-60-63-66-72(75)78-69-70(68-77-71(74)65-62-59-56-15-12-9-6-3)79-73(76)67-64-61-58-55-53-51-49-47-45-42-29-27-25-23-21-19-17-14-11-8-5-2/h8,11,17,19,23,25,29,42,70H,4-7,9-10,12-16,18,20-22,24,26-28,30-41,43-69H2,1-3H3/b11-8-,19-17-,25-23-,42-29-. The SMILES string of the molecule is CC/C=C\C/C=C\C/C=C\C/C=C\CCCCCCCCCCC(=O)OC(COC(=O)CCCCCCCCC)COC(=O)CCCCCCCCCCCCCCCCCCCCCCCCCCCCCCCCCCC. The molecule has 0 fully saturated rings. The normalized spacial score (nSPS) is 12.3. The summed E-state index contributed by atoms with van der Waals surface area (Å²) in [6.45, 7) is 6.54. The van der Waals surface area contributed by atoms with Gasteiger partial charge in [-0.2, -0.15) is 0 Å². The highest BCUT2D eigenvalue weighted by atomic mass is 16.6. The van der Waals surface area contributed by atoms with E-state index in [1.807, 2.05) is 0 Å². The number of unbranched alkanes of at least 4 members (excludes halogenated alkanes) is 46. The van der Waals surface area contributed by atoms with Crippen LogP contribution in [-0.2, 0) is 28.6 Å². The van der Waals surface area contributed by atoms with Crippen LogP contribution in [0, 0.1) is 0 Å². The minimum absolute atomic E-state index is 0.0722. The van der Waals surface area contributed by atoms with Crippen LogP contribution in [0.3, 0.4) is 0 Å². The second kappa shape index (κ2) is 67.9. The van der Waals surface area contributed by atoms with Crippen molar-refractivity contribution in [2.24, 2.45) is 0 Å². The van der Waals surface area contributed by atoms with Crippen LogP contribution in [0.1, 0.15) is 380 Å². The van der Waals surface area contributed by atoms with Crippen LogP contribution >= 0.6 is 0 Å². The Kier molecular flexibility index (Phi) is 65.6. The molecule has 0 aliphatic rings. The van der Waals surface area contributed by atoms with Gasteiger partial charge in [-0.1, -0.05) is 352 Å². The molecule has 0 radical (unpaired) electrons. The fraction of sp³-hybridized carbons (Fsp3) is 0.849. The van der Waals surface area contributed by atoms with Crippen molar-refractivity contribution in [2.45, 2.75) is 386 Å². The topological polar surface area (TPSA) is 78.9 Å². The summed E-state index contributed by atoms with van der Waals surface area (Å²) in [5, 5.41) is 0. The van der Waals surface area contributed by atoms with Gasteiger partial charge in [0.15, 0.2) is 6.10 Å². The molecule has 0 saturated carbocycles. The van der Waals surface area contributed by atoms with Gasteiger partial charge < -0.3 is 14.2 Å². The Bertz CT molecular complexity index is 1360. The van der Waals surface area contributed by atoms with E-state index in [9.17, 15) is 14.4 Å². The lowest BCUT2D eigenvalue weighted by atomic mass is 10.0. The number of allylic oxidation sites excluding steroid dienone is 8. The molecule has 1 unspecified atom stereocenters. The van der Waals surface area contributed by atoms with Gasteiger partial charge in [-0.05, 0) is 57.8 Å². The molecule has 6 nitrogen and oxygen atoms in total. The monoisotopic (exact) mass is 1110 g/mol. The first-order valence-electron chi connectivity index (χ1n) is 35.1. The molecule has 79 heavy (non-hydrogen) atoms. The maximum Gasteiger partial charge on any atom is 0.306 e. The highest BCUT2D eigenvalue weighted by Crippen LogP contribution is 2.19. The van der Waals surface area contributed by atoms with Crippen molar-refractivity contribution in [3.05, 3.63) is 48.6 Å². The van der Waals surface area contributed by atoms with Crippen molar-refractivity contribution in [1.29, 1.82) is 0 Å². The molecule has 0 heterocycles. The molecule has 0 aliphatic carbocycles. The first-order valence-corrected chi connectivity index (χ1v) is 35.1. The highest BCUT2D eigenvalue weighted by Gasteiger charge is 2.19. The first-order chi connectivity index (χ1) is 39.0. The highest BCUT2D eigenvalue weighted by molar-refractivity contribution is 5.71. The molecule has 1 atom stereocenters. The molecule has 6 heteroatoms. The number of hydrogen-bond donors (Lipinski definition) is 0. The van der Waals surface area contributed by atoms with Crippen molar-refractivity contribution in [2.75, 3.05) is 13.2 Å². The Labute approximate surface area is 492 Å². The predicted molar refractivity (Wildman–Crippen MR) is 344 cm³/mol. The van der Waals surface area contributed by atoms with Crippen molar-refractivity contribution in [3.8, 4) is 0 Å². The largest absolute Gasteiger partial charge is 0.462 e. The molecule has 0 saturated heterocycles. The van der Waals surface area contributed by atoms with Crippen LogP contribution in [0.4, 0.5) is 0 Å². The van der Waals surface area contributed by atoms with Gasteiger partial charge in [0.1, 0.15) is 13.2 Å². The molecule has 0 aromatic heterocycles. The summed E-state index contributed by atoms with van der Waals surface area (Å²) in [6, 6.07) is 0. The maximum atomic E-state index is 12.9. The Morgan fingerprint density at radius 3 is 0.772 bits per heavy atom. The summed E-state index contributed by atoms with van der Waals surface area (Å²) < 4.78 is 16.9. The van der Waals surface area contributed by atoms with E-state index in [4.69, 9.17) is 14.2 Å². The molecule has 0 amide bonds. The third-order valence-corrected chi connectivity index (χ3v) is 15.8. The first kappa shape index (κ1) is 76.4. The smallest absolute Gasteiger partial charge is 0.306 e. The number of carbonyl (C=O) groups excluding carboxylic acids is 3. The van der Waals surface area contributed by atoms with Gasteiger partial charge in [0, 0.05) is 19.3 Å². The third kappa shape index (κ3) is 66.1. The summed E-state index contributed by atoms with van der Waals surface area (Å²) in [7, 11) is 0. The van der Waals surface area contributed by atoms with Gasteiger partial charge in [-0.3, -0.25) is 14.4 Å².